The second-order valence-corrected chi connectivity index (χ2v) is 7.19. The molecular formula is C5H7Br3. The second kappa shape index (κ2) is 1.73. The van der Waals surface area contributed by atoms with Crippen LogP contribution in [0.2, 0.25) is 0 Å². The molecule has 0 N–H and O–H groups in total. The quantitative estimate of drug-likeness (QED) is 0.603. The Morgan fingerprint density at radius 3 is 1.38 bits per heavy atom. The SMILES string of the molecule is CC1(C)[C@@H](Br)C1(Br)Br. The molecule has 0 unspecified atom stereocenters. The fourth-order valence-electron chi connectivity index (χ4n) is 0.599. The molecule has 0 heterocycles. The van der Waals surface area contributed by atoms with Crippen molar-refractivity contribution in [3.63, 3.8) is 0 Å². The van der Waals surface area contributed by atoms with Gasteiger partial charge in [-0.3, -0.25) is 0 Å². The van der Waals surface area contributed by atoms with Crippen LogP contribution in [-0.4, -0.2) is 8.06 Å². The summed E-state index contributed by atoms with van der Waals surface area (Å²) in [5.41, 5.74) is 0.354. The lowest BCUT2D eigenvalue weighted by Gasteiger charge is -1.99. The van der Waals surface area contributed by atoms with Gasteiger partial charge in [0.1, 0.15) is 0 Å². The summed E-state index contributed by atoms with van der Waals surface area (Å²) < 4.78 is 0.146. The van der Waals surface area contributed by atoms with Crippen molar-refractivity contribution in [3.8, 4) is 0 Å². The van der Waals surface area contributed by atoms with Crippen molar-refractivity contribution in [2.75, 3.05) is 0 Å². The van der Waals surface area contributed by atoms with Gasteiger partial charge < -0.3 is 0 Å². The summed E-state index contributed by atoms with van der Waals surface area (Å²) in [6.45, 7) is 4.41. The van der Waals surface area contributed by atoms with Gasteiger partial charge in [-0.2, -0.15) is 0 Å². The molecule has 1 atom stereocenters. The molecule has 3 heteroatoms. The standard InChI is InChI=1S/C5H7Br3/c1-4(2)3(6)5(4,7)8/h3H,1-2H3/t3-/m1/s1. The first kappa shape index (κ1) is 7.55. The summed E-state index contributed by atoms with van der Waals surface area (Å²) in [6.07, 6.45) is 0. The van der Waals surface area contributed by atoms with Crippen molar-refractivity contribution in [2.45, 2.75) is 21.9 Å². The highest BCUT2D eigenvalue weighted by atomic mass is 79.9. The lowest BCUT2D eigenvalue weighted by molar-refractivity contribution is 0.658. The maximum Gasteiger partial charge on any atom is 0.0997 e. The number of alkyl halides is 3. The molecule has 0 aromatic heterocycles. The zero-order valence-electron chi connectivity index (χ0n) is 4.71. The predicted molar refractivity (Wildman–Crippen MR) is 47.1 cm³/mol. The average Bonchev–Trinajstić information content (AvgIpc) is 1.88. The van der Waals surface area contributed by atoms with E-state index in [1.54, 1.807) is 0 Å². The minimum Gasteiger partial charge on any atom is -0.0859 e. The van der Waals surface area contributed by atoms with E-state index >= 15 is 0 Å². The smallest absolute Gasteiger partial charge is 0.0859 e. The maximum absolute atomic E-state index is 3.54. The van der Waals surface area contributed by atoms with Crippen LogP contribution in [0.15, 0.2) is 0 Å². The van der Waals surface area contributed by atoms with Crippen LogP contribution < -0.4 is 0 Å². The molecule has 8 heavy (non-hydrogen) atoms. The first-order valence-corrected chi connectivity index (χ1v) is 4.93. The Morgan fingerprint density at radius 1 is 1.25 bits per heavy atom. The van der Waals surface area contributed by atoms with Crippen molar-refractivity contribution in [1.82, 2.24) is 0 Å². The van der Waals surface area contributed by atoms with Crippen LogP contribution in [0.3, 0.4) is 0 Å². The average molecular weight is 307 g/mol. The summed E-state index contributed by atoms with van der Waals surface area (Å²) in [5, 5.41) is 0. The fourth-order valence-corrected chi connectivity index (χ4v) is 3.41. The van der Waals surface area contributed by atoms with E-state index in [0.29, 0.717) is 10.2 Å². The molecule has 1 fully saturated rings. The van der Waals surface area contributed by atoms with Crippen LogP contribution in [-0.2, 0) is 0 Å². The normalized spacial score (nSPS) is 39.4. The van der Waals surface area contributed by atoms with Gasteiger partial charge in [0.15, 0.2) is 0 Å². The lowest BCUT2D eigenvalue weighted by Crippen LogP contribution is -1.94. The molecule has 1 aliphatic carbocycles. The molecule has 48 valence electrons. The Bertz CT molecular complexity index is 103. The van der Waals surface area contributed by atoms with Crippen molar-refractivity contribution in [1.29, 1.82) is 0 Å². The molecule has 1 rings (SSSR count). The topological polar surface area (TPSA) is 0 Å². The van der Waals surface area contributed by atoms with Gasteiger partial charge >= 0.3 is 0 Å². The third kappa shape index (κ3) is 0.739. The summed E-state index contributed by atoms with van der Waals surface area (Å²) in [4.78, 5) is 0.558. The molecule has 0 saturated heterocycles. The molecule has 1 aliphatic rings. The van der Waals surface area contributed by atoms with Gasteiger partial charge in [-0.15, -0.1) is 0 Å². The van der Waals surface area contributed by atoms with E-state index in [0.717, 1.165) is 0 Å². The van der Waals surface area contributed by atoms with Gasteiger partial charge in [0.2, 0.25) is 0 Å². The third-order valence-corrected chi connectivity index (χ3v) is 7.75. The van der Waals surface area contributed by atoms with Gasteiger partial charge in [0.25, 0.3) is 0 Å². The highest BCUT2D eigenvalue weighted by molar-refractivity contribution is 9.26. The van der Waals surface area contributed by atoms with Crippen LogP contribution in [0.1, 0.15) is 13.8 Å². The Labute approximate surface area is 74.8 Å². The fraction of sp³-hybridized carbons (Fsp3) is 1.00. The van der Waals surface area contributed by atoms with Gasteiger partial charge in [-0.05, 0) is 0 Å². The summed E-state index contributed by atoms with van der Waals surface area (Å²) in [7, 11) is 0. The number of hydrogen-bond acceptors (Lipinski definition) is 0. The van der Waals surface area contributed by atoms with Crippen LogP contribution in [0, 0.1) is 5.41 Å². The minimum atomic E-state index is 0.146. The highest BCUT2D eigenvalue weighted by Crippen LogP contribution is 2.69. The summed E-state index contributed by atoms with van der Waals surface area (Å²) in [5.74, 6) is 0. The van der Waals surface area contributed by atoms with E-state index in [1.807, 2.05) is 0 Å². The van der Waals surface area contributed by atoms with Crippen molar-refractivity contribution < 1.29 is 0 Å². The van der Waals surface area contributed by atoms with Crippen molar-refractivity contribution >= 4 is 47.8 Å². The largest absolute Gasteiger partial charge is 0.0997 e. The van der Waals surface area contributed by atoms with E-state index in [4.69, 9.17) is 0 Å². The first-order chi connectivity index (χ1) is 3.40. The minimum absolute atomic E-state index is 0.146. The zero-order chi connectivity index (χ0) is 6.58. The highest BCUT2D eigenvalue weighted by Gasteiger charge is 2.67. The number of halogens is 3. The van der Waals surface area contributed by atoms with Crippen LogP contribution in [0.5, 0.6) is 0 Å². The van der Waals surface area contributed by atoms with Crippen LogP contribution in [0.25, 0.3) is 0 Å². The first-order valence-electron chi connectivity index (χ1n) is 2.42. The molecule has 0 radical (unpaired) electrons. The monoisotopic (exact) mass is 304 g/mol. The van der Waals surface area contributed by atoms with Gasteiger partial charge in [-0.25, -0.2) is 0 Å². The summed E-state index contributed by atoms with van der Waals surface area (Å²) in [6, 6.07) is 0. The lowest BCUT2D eigenvalue weighted by atomic mass is 10.2. The van der Waals surface area contributed by atoms with Gasteiger partial charge in [0, 0.05) is 10.2 Å². The molecule has 0 amide bonds. The maximum atomic E-state index is 3.54. The van der Waals surface area contributed by atoms with E-state index < -0.39 is 0 Å². The Morgan fingerprint density at radius 2 is 1.38 bits per heavy atom. The number of rotatable bonds is 0. The molecule has 0 aliphatic heterocycles. The second-order valence-electron chi connectivity index (χ2n) is 2.71. The van der Waals surface area contributed by atoms with Crippen molar-refractivity contribution in [3.05, 3.63) is 0 Å². The Hall–Kier alpha value is 1.44. The summed E-state index contributed by atoms with van der Waals surface area (Å²) >= 11 is 10.6. The molecular weight excluding hydrogens is 300 g/mol. The van der Waals surface area contributed by atoms with Crippen molar-refractivity contribution in [2.24, 2.45) is 5.41 Å². The molecule has 0 aromatic carbocycles. The Kier molecular flexibility index (Phi) is 1.63. The van der Waals surface area contributed by atoms with E-state index in [1.165, 1.54) is 0 Å². The van der Waals surface area contributed by atoms with E-state index in [9.17, 15) is 0 Å². The molecule has 0 aromatic rings. The van der Waals surface area contributed by atoms with E-state index in [2.05, 4.69) is 61.6 Å². The molecule has 0 bridgehead atoms. The van der Waals surface area contributed by atoms with Crippen LogP contribution >= 0.6 is 47.8 Å². The molecule has 0 spiro atoms. The zero-order valence-corrected chi connectivity index (χ0v) is 9.47. The van der Waals surface area contributed by atoms with Gasteiger partial charge in [-0.1, -0.05) is 61.6 Å². The Balaban J connectivity index is 2.72. The molecule has 1 saturated carbocycles. The third-order valence-electron chi connectivity index (χ3n) is 1.73. The predicted octanol–water partition coefficient (Wildman–Crippen LogP) is 3.28. The number of hydrogen-bond donors (Lipinski definition) is 0. The van der Waals surface area contributed by atoms with Crippen LogP contribution in [0.4, 0.5) is 0 Å². The van der Waals surface area contributed by atoms with E-state index in [-0.39, 0.29) is 3.23 Å². The van der Waals surface area contributed by atoms with Gasteiger partial charge in [0.05, 0.1) is 3.23 Å². The molecule has 0 nitrogen and oxygen atoms in total.